The summed E-state index contributed by atoms with van der Waals surface area (Å²) in [5, 5.41) is 9.59. The second-order valence-electron chi connectivity index (χ2n) is 4.46. The van der Waals surface area contributed by atoms with Crippen LogP contribution in [0.5, 0.6) is 0 Å². The largest absolute Gasteiger partial charge is 0.393 e. The van der Waals surface area contributed by atoms with Crippen LogP contribution in [0.3, 0.4) is 0 Å². The molecular weight excluding hydrogens is 136 g/mol. The molecule has 1 atom stereocenters. The molecule has 0 saturated heterocycles. The third kappa shape index (κ3) is 1.76. The van der Waals surface area contributed by atoms with Gasteiger partial charge in [-0.15, -0.1) is 0 Å². The number of aliphatic hydroxyl groups is 1. The summed E-state index contributed by atoms with van der Waals surface area (Å²) in [4.78, 5) is 0. The lowest BCUT2D eigenvalue weighted by Crippen LogP contribution is -2.16. The van der Waals surface area contributed by atoms with E-state index in [1.54, 1.807) is 0 Å². The molecule has 2 aliphatic rings. The number of aliphatic hydroxyl groups excluding tert-OH is 1. The Kier molecular flexibility index (Phi) is 1.92. The van der Waals surface area contributed by atoms with Crippen molar-refractivity contribution in [3.63, 3.8) is 0 Å². The van der Waals surface area contributed by atoms with Gasteiger partial charge in [0, 0.05) is 0 Å². The van der Waals surface area contributed by atoms with Crippen LogP contribution in [0, 0.1) is 5.41 Å². The minimum Gasteiger partial charge on any atom is -0.393 e. The van der Waals surface area contributed by atoms with Crippen molar-refractivity contribution in [3.05, 3.63) is 0 Å². The van der Waals surface area contributed by atoms with E-state index in [1.807, 2.05) is 0 Å². The Bertz CT molecular complexity index is 138. The Morgan fingerprint density at radius 2 is 1.82 bits per heavy atom. The van der Waals surface area contributed by atoms with Gasteiger partial charge in [-0.1, -0.05) is 19.3 Å². The molecule has 0 amide bonds. The van der Waals surface area contributed by atoms with E-state index in [0.717, 1.165) is 12.8 Å². The van der Waals surface area contributed by atoms with Crippen molar-refractivity contribution in [1.29, 1.82) is 0 Å². The topological polar surface area (TPSA) is 20.2 Å². The zero-order valence-corrected chi connectivity index (χ0v) is 7.18. The molecule has 1 N–H and O–H groups in total. The van der Waals surface area contributed by atoms with E-state index in [2.05, 4.69) is 0 Å². The van der Waals surface area contributed by atoms with Gasteiger partial charge in [-0.25, -0.2) is 0 Å². The van der Waals surface area contributed by atoms with Crippen LogP contribution in [0.1, 0.15) is 51.4 Å². The second-order valence-corrected chi connectivity index (χ2v) is 4.46. The Hall–Kier alpha value is -0.0400. The Labute approximate surface area is 68.8 Å². The van der Waals surface area contributed by atoms with Gasteiger partial charge in [0.15, 0.2) is 0 Å². The van der Waals surface area contributed by atoms with Crippen LogP contribution >= 0.6 is 0 Å². The third-order valence-corrected chi connectivity index (χ3v) is 3.37. The fourth-order valence-electron chi connectivity index (χ4n) is 2.39. The molecule has 0 heterocycles. The second kappa shape index (κ2) is 2.78. The van der Waals surface area contributed by atoms with Gasteiger partial charge in [0.05, 0.1) is 6.10 Å². The smallest absolute Gasteiger partial charge is 0.0545 e. The lowest BCUT2D eigenvalue weighted by atomic mass is 9.87. The van der Waals surface area contributed by atoms with Crippen LogP contribution in [0.15, 0.2) is 0 Å². The normalized spacial score (nSPS) is 36.3. The SMILES string of the molecule is OC1CCCCCC2(CC2)C1. The van der Waals surface area contributed by atoms with Gasteiger partial charge < -0.3 is 5.11 Å². The van der Waals surface area contributed by atoms with Gasteiger partial charge in [-0.2, -0.15) is 0 Å². The predicted molar refractivity (Wildman–Crippen MR) is 45.4 cm³/mol. The summed E-state index contributed by atoms with van der Waals surface area (Å²) in [6.07, 6.45) is 10.4. The first kappa shape index (κ1) is 7.60. The summed E-state index contributed by atoms with van der Waals surface area (Å²) < 4.78 is 0. The van der Waals surface area contributed by atoms with E-state index in [4.69, 9.17) is 0 Å². The van der Waals surface area contributed by atoms with Crippen molar-refractivity contribution in [2.75, 3.05) is 0 Å². The van der Waals surface area contributed by atoms with Crippen molar-refractivity contribution in [1.82, 2.24) is 0 Å². The Balaban J connectivity index is 1.90. The highest BCUT2D eigenvalue weighted by Gasteiger charge is 2.43. The molecule has 0 aromatic carbocycles. The lowest BCUT2D eigenvalue weighted by Gasteiger charge is -2.22. The van der Waals surface area contributed by atoms with Crippen LogP contribution in [-0.2, 0) is 0 Å². The van der Waals surface area contributed by atoms with Crippen molar-refractivity contribution in [3.8, 4) is 0 Å². The predicted octanol–water partition coefficient (Wildman–Crippen LogP) is 2.48. The van der Waals surface area contributed by atoms with Crippen LogP contribution in [0.2, 0.25) is 0 Å². The van der Waals surface area contributed by atoms with Crippen molar-refractivity contribution in [2.45, 2.75) is 57.5 Å². The maximum atomic E-state index is 9.59. The van der Waals surface area contributed by atoms with Crippen molar-refractivity contribution in [2.24, 2.45) is 5.41 Å². The van der Waals surface area contributed by atoms with E-state index in [0.29, 0.717) is 5.41 Å². The minimum absolute atomic E-state index is 0.0257. The summed E-state index contributed by atoms with van der Waals surface area (Å²) in [6.45, 7) is 0. The quantitative estimate of drug-likeness (QED) is 0.568. The molecule has 0 radical (unpaired) electrons. The zero-order chi connectivity index (χ0) is 7.73. The van der Waals surface area contributed by atoms with Gasteiger partial charge in [-0.3, -0.25) is 0 Å². The van der Waals surface area contributed by atoms with Crippen LogP contribution in [0.4, 0.5) is 0 Å². The first-order chi connectivity index (χ1) is 5.31. The summed E-state index contributed by atoms with van der Waals surface area (Å²) in [7, 11) is 0. The fourth-order valence-corrected chi connectivity index (χ4v) is 2.39. The van der Waals surface area contributed by atoms with Crippen molar-refractivity contribution >= 4 is 0 Å². The molecule has 0 aromatic rings. The van der Waals surface area contributed by atoms with Gasteiger partial charge in [-0.05, 0) is 37.5 Å². The van der Waals surface area contributed by atoms with E-state index < -0.39 is 0 Å². The molecule has 2 fully saturated rings. The van der Waals surface area contributed by atoms with Gasteiger partial charge in [0.1, 0.15) is 0 Å². The number of hydrogen-bond donors (Lipinski definition) is 1. The average Bonchev–Trinajstić information content (AvgIpc) is 2.65. The summed E-state index contributed by atoms with van der Waals surface area (Å²) >= 11 is 0. The van der Waals surface area contributed by atoms with E-state index in [-0.39, 0.29) is 6.10 Å². The summed E-state index contributed by atoms with van der Waals surface area (Å²) in [5.74, 6) is 0. The number of hydrogen-bond acceptors (Lipinski definition) is 1. The van der Waals surface area contributed by atoms with E-state index in [1.165, 1.54) is 38.5 Å². The molecule has 2 aliphatic carbocycles. The lowest BCUT2D eigenvalue weighted by molar-refractivity contribution is 0.112. The molecule has 2 saturated carbocycles. The van der Waals surface area contributed by atoms with Crippen LogP contribution in [-0.4, -0.2) is 11.2 Å². The molecule has 64 valence electrons. The Morgan fingerprint density at radius 3 is 2.55 bits per heavy atom. The van der Waals surface area contributed by atoms with Crippen LogP contribution < -0.4 is 0 Å². The summed E-state index contributed by atoms with van der Waals surface area (Å²) in [6, 6.07) is 0. The first-order valence-corrected chi connectivity index (χ1v) is 4.99. The maximum absolute atomic E-state index is 9.59. The zero-order valence-electron chi connectivity index (χ0n) is 7.18. The molecule has 0 bridgehead atoms. The highest BCUT2D eigenvalue weighted by molar-refractivity contribution is 4.95. The maximum Gasteiger partial charge on any atom is 0.0545 e. The van der Waals surface area contributed by atoms with E-state index >= 15 is 0 Å². The molecule has 1 nitrogen and oxygen atoms in total. The Morgan fingerprint density at radius 1 is 1.00 bits per heavy atom. The van der Waals surface area contributed by atoms with Gasteiger partial charge >= 0.3 is 0 Å². The molecule has 1 heteroatoms. The van der Waals surface area contributed by atoms with Gasteiger partial charge in [0.2, 0.25) is 0 Å². The standard InChI is InChI=1S/C10H18O/c11-9-4-2-1-3-5-10(8-9)6-7-10/h9,11H,1-8H2. The minimum atomic E-state index is 0.0257. The summed E-state index contributed by atoms with van der Waals surface area (Å²) in [5.41, 5.74) is 0.625. The number of rotatable bonds is 0. The highest BCUT2D eigenvalue weighted by Crippen LogP contribution is 2.54. The average molecular weight is 154 g/mol. The van der Waals surface area contributed by atoms with E-state index in [9.17, 15) is 5.11 Å². The third-order valence-electron chi connectivity index (χ3n) is 3.37. The van der Waals surface area contributed by atoms with Gasteiger partial charge in [0.25, 0.3) is 0 Å². The van der Waals surface area contributed by atoms with Crippen LogP contribution in [0.25, 0.3) is 0 Å². The first-order valence-electron chi connectivity index (χ1n) is 4.99. The fraction of sp³-hybridized carbons (Fsp3) is 1.00. The molecule has 0 aliphatic heterocycles. The molecule has 1 spiro atoms. The molecular formula is C10H18O. The molecule has 1 unspecified atom stereocenters. The highest BCUT2D eigenvalue weighted by atomic mass is 16.3. The molecule has 0 aromatic heterocycles. The molecule has 2 rings (SSSR count). The monoisotopic (exact) mass is 154 g/mol. The van der Waals surface area contributed by atoms with Crippen molar-refractivity contribution < 1.29 is 5.11 Å². The molecule has 11 heavy (non-hydrogen) atoms.